The van der Waals surface area contributed by atoms with Gasteiger partial charge in [0.2, 0.25) is 10.0 Å². The molecule has 1 unspecified atom stereocenters. The van der Waals surface area contributed by atoms with E-state index < -0.39 is 15.9 Å². The average molecular weight is 432 g/mol. The number of amides is 1. The van der Waals surface area contributed by atoms with Crippen molar-refractivity contribution in [2.24, 2.45) is 0 Å². The molecule has 1 atom stereocenters. The monoisotopic (exact) mass is 431 g/mol. The predicted octanol–water partition coefficient (Wildman–Crippen LogP) is 4.34. The van der Waals surface area contributed by atoms with Crippen molar-refractivity contribution < 1.29 is 13.2 Å². The Morgan fingerprint density at radius 1 is 1.24 bits per heavy atom. The number of rotatable bonds is 4. The number of hydrogen-bond acceptors (Lipinski definition) is 4. The van der Waals surface area contributed by atoms with E-state index in [1.54, 1.807) is 25.1 Å². The van der Waals surface area contributed by atoms with Gasteiger partial charge in [-0.3, -0.25) is 4.79 Å². The van der Waals surface area contributed by atoms with Crippen LogP contribution in [0.3, 0.4) is 0 Å². The van der Waals surface area contributed by atoms with Crippen molar-refractivity contribution in [2.45, 2.75) is 44.0 Å². The molecule has 1 aliphatic heterocycles. The maximum atomic E-state index is 13.1. The van der Waals surface area contributed by atoms with Crippen LogP contribution >= 0.6 is 11.6 Å². The Kier molecular flexibility index (Phi) is 6.27. The van der Waals surface area contributed by atoms with E-state index in [-0.39, 0.29) is 21.5 Å². The third-order valence-corrected chi connectivity index (χ3v) is 7.47. The van der Waals surface area contributed by atoms with Gasteiger partial charge in [-0.1, -0.05) is 24.1 Å². The fourth-order valence-corrected chi connectivity index (χ4v) is 5.40. The van der Waals surface area contributed by atoms with Crippen LogP contribution in [-0.4, -0.2) is 31.2 Å². The van der Waals surface area contributed by atoms with Crippen LogP contribution in [-0.2, 0) is 10.0 Å². The quantitative estimate of drug-likeness (QED) is 0.779. The second-order valence-electron chi connectivity index (χ2n) is 7.20. The first-order valence-electron chi connectivity index (χ1n) is 9.37. The number of anilines is 1. The lowest BCUT2D eigenvalue weighted by atomic mass is 10.1. The van der Waals surface area contributed by atoms with Gasteiger partial charge in [-0.05, 0) is 62.6 Å². The van der Waals surface area contributed by atoms with Gasteiger partial charge >= 0.3 is 0 Å². The maximum absolute atomic E-state index is 13.1. The number of sulfonamides is 1. The van der Waals surface area contributed by atoms with Gasteiger partial charge in [0.05, 0.1) is 15.5 Å². The van der Waals surface area contributed by atoms with Gasteiger partial charge in [0.1, 0.15) is 6.07 Å². The largest absolute Gasteiger partial charge is 0.322 e. The van der Waals surface area contributed by atoms with E-state index in [4.69, 9.17) is 16.9 Å². The Bertz CT molecular complexity index is 1090. The predicted molar refractivity (Wildman–Crippen MR) is 113 cm³/mol. The van der Waals surface area contributed by atoms with Gasteiger partial charge in [0, 0.05) is 23.8 Å². The van der Waals surface area contributed by atoms with Crippen LogP contribution < -0.4 is 5.32 Å². The minimum Gasteiger partial charge on any atom is -0.322 e. The number of piperidine rings is 1. The second kappa shape index (κ2) is 8.54. The molecule has 1 heterocycles. The molecule has 1 aliphatic rings. The van der Waals surface area contributed by atoms with E-state index in [1.807, 2.05) is 13.0 Å². The Hall–Kier alpha value is -2.40. The maximum Gasteiger partial charge on any atom is 0.255 e. The first-order chi connectivity index (χ1) is 13.7. The fraction of sp³-hybridized carbons (Fsp3) is 0.333. The van der Waals surface area contributed by atoms with E-state index in [1.165, 1.54) is 22.5 Å². The Morgan fingerprint density at radius 2 is 2.00 bits per heavy atom. The molecule has 0 aromatic heterocycles. The number of benzene rings is 2. The highest BCUT2D eigenvalue weighted by atomic mass is 35.5. The van der Waals surface area contributed by atoms with Gasteiger partial charge in [-0.2, -0.15) is 9.57 Å². The summed E-state index contributed by atoms with van der Waals surface area (Å²) in [6.45, 7) is 4.15. The summed E-state index contributed by atoms with van der Waals surface area (Å²) in [6.07, 6.45) is 2.68. The average Bonchev–Trinajstić information content (AvgIpc) is 2.68. The van der Waals surface area contributed by atoms with Crippen LogP contribution in [0.25, 0.3) is 0 Å². The first kappa shape index (κ1) is 21.3. The summed E-state index contributed by atoms with van der Waals surface area (Å²) >= 11 is 6.02. The van der Waals surface area contributed by atoms with Crippen molar-refractivity contribution in [3.05, 3.63) is 58.1 Å². The van der Waals surface area contributed by atoms with E-state index in [2.05, 4.69) is 5.32 Å². The highest BCUT2D eigenvalue weighted by Crippen LogP contribution is 2.27. The molecule has 2 aromatic rings. The van der Waals surface area contributed by atoms with E-state index in [0.29, 0.717) is 23.4 Å². The third kappa shape index (κ3) is 4.45. The Morgan fingerprint density at radius 3 is 2.66 bits per heavy atom. The fourth-order valence-electron chi connectivity index (χ4n) is 3.45. The van der Waals surface area contributed by atoms with Gasteiger partial charge < -0.3 is 5.32 Å². The summed E-state index contributed by atoms with van der Waals surface area (Å²) in [5.41, 5.74) is 1.67. The molecule has 0 bridgehead atoms. The summed E-state index contributed by atoms with van der Waals surface area (Å²) in [5, 5.41) is 11.9. The number of nitriles is 1. The van der Waals surface area contributed by atoms with Crippen molar-refractivity contribution >= 4 is 33.2 Å². The minimum absolute atomic E-state index is 0.0619. The van der Waals surface area contributed by atoms with E-state index in [0.717, 1.165) is 19.3 Å². The molecule has 0 spiro atoms. The second-order valence-corrected chi connectivity index (χ2v) is 9.50. The zero-order chi connectivity index (χ0) is 21.2. The number of nitrogens with zero attached hydrogens (tertiary/aromatic N) is 2. The van der Waals surface area contributed by atoms with Crippen molar-refractivity contribution in [3.63, 3.8) is 0 Å². The summed E-state index contributed by atoms with van der Waals surface area (Å²) < 4.78 is 27.7. The normalized spacial score (nSPS) is 17.5. The van der Waals surface area contributed by atoms with Crippen molar-refractivity contribution in [2.75, 3.05) is 11.9 Å². The molecule has 6 nitrogen and oxygen atoms in total. The van der Waals surface area contributed by atoms with Crippen molar-refractivity contribution in [1.82, 2.24) is 4.31 Å². The van der Waals surface area contributed by atoms with Gasteiger partial charge in [0.15, 0.2) is 0 Å². The topological polar surface area (TPSA) is 90.3 Å². The van der Waals surface area contributed by atoms with Crippen LogP contribution in [0.15, 0.2) is 41.3 Å². The highest BCUT2D eigenvalue weighted by molar-refractivity contribution is 7.89. The van der Waals surface area contributed by atoms with Gasteiger partial charge in [-0.15, -0.1) is 0 Å². The molecule has 1 amide bonds. The lowest BCUT2D eigenvalue weighted by Gasteiger charge is -2.32. The molecule has 8 heteroatoms. The van der Waals surface area contributed by atoms with Crippen molar-refractivity contribution in [1.29, 1.82) is 5.26 Å². The third-order valence-electron chi connectivity index (χ3n) is 5.15. The number of aryl methyl sites for hydroxylation is 1. The minimum atomic E-state index is -3.68. The summed E-state index contributed by atoms with van der Waals surface area (Å²) in [5.74, 6) is -0.438. The molecule has 1 fully saturated rings. The number of halogens is 1. The zero-order valence-corrected chi connectivity index (χ0v) is 17.8. The summed E-state index contributed by atoms with van der Waals surface area (Å²) in [7, 11) is -3.68. The lowest BCUT2D eigenvalue weighted by molar-refractivity contribution is 0.102. The van der Waals surface area contributed by atoms with Crippen LogP contribution in [0.2, 0.25) is 5.02 Å². The van der Waals surface area contributed by atoms with Crippen LogP contribution in [0, 0.1) is 18.3 Å². The van der Waals surface area contributed by atoms with E-state index in [9.17, 15) is 13.2 Å². The van der Waals surface area contributed by atoms with Crippen LogP contribution in [0.4, 0.5) is 5.69 Å². The molecule has 2 aromatic carbocycles. The van der Waals surface area contributed by atoms with Crippen molar-refractivity contribution in [3.8, 4) is 6.07 Å². The number of carbonyl (C=O) groups is 1. The zero-order valence-electron chi connectivity index (χ0n) is 16.3. The standard InChI is InChI=1S/C21H22ClN3O3S/c1-14-6-9-18(29(27,28)25-10-4-3-5-15(25)2)12-19(14)21(26)24-17-8-7-16(13-23)20(22)11-17/h6-9,11-12,15H,3-5,10H2,1-2H3,(H,24,26). The smallest absolute Gasteiger partial charge is 0.255 e. The SMILES string of the molecule is Cc1ccc(S(=O)(=O)N2CCCCC2C)cc1C(=O)Nc1ccc(C#N)c(Cl)c1. The number of nitrogens with one attached hydrogen (secondary N) is 1. The molecule has 1 N–H and O–H groups in total. The molecule has 3 rings (SSSR count). The summed E-state index contributed by atoms with van der Waals surface area (Å²) in [4.78, 5) is 12.9. The molecule has 0 saturated carbocycles. The Labute approximate surface area is 176 Å². The molecule has 0 aliphatic carbocycles. The number of carbonyl (C=O) groups excluding carboxylic acids is 1. The molecular formula is C21H22ClN3O3S. The van der Waals surface area contributed by atoms with E-state index >= 15 is 0 Å². The highest BCUT2D eigenvalue weighted by Gasteiger charge is 2.31. The molecular weight excluding hydrogens is 410 g/mol. The summed E-state index contributed by atoms with van der Waals surface area (Å²) in [6, 6.07) is 11.1. The lowest BCUT2D eigenvalue weighted by Crippen LogP contribution is -2.42. The molecule has 1 saturated heterocycles. The molecule has 152 valence electrons. The van der Waals surface area contributed by atoms with Crippen LogP contribution in [0.1, 0.15) is 47.7 Å². The van der Waals surface area contributed by atoms with Gasteiger partial charge in [-0.25, -0.2) is 8.42 Å². The molecule has 29 heavy (non-hydrogen) atoms. The Balaban J connectivity index is 1.90. The van der Waals surface area contributed by atoms with Gasteiger partial charge in [0.25, 0.3) is 5.91 Å². The van der Waals surface area contributed by atoms with Crippen LogP contribution in [0.5, 0.6) is 0 Å². The number of hydrogen-bond donors (Lipinski definition) is 1. The molecule has 0 radical (unpaired) electrons. The first-order valence-corrected chi connectivity index (χ1v) is 11.2.